The first-order valence-electron chi connectivity index (χ1n) is 13.2. The summed E-state index contributed by atoms with van der Waals surface area (Å²) in [4.78, 5) is 29.3. The van der Waals surface area contributed by atoms with E-state index in [2.05, 4.69) is 5.32 Å². The second-order valence-corrected chi connectivity index (χ2v) is 9.94. The van der Waals surface area contributed by atoms with Crippen LogP contribution in [0.1, 0.15) is 22.3 Å². The Morgan fingerprint density at radius 2 is 1.49 bits per heavy atom. The molecular formula is C33H32ClFN2O4. The lowest BCUT2D eigenvalue weighted by Crippen LogP contribution is -2.50. The predicted octanol–water partition coefficient (Wildman–Crippen LogP) is 6.00. The molecule has 0 aliphatic carbocycles. The maximum absolute atomic E-state index is 14.0. The topological polar surface area (TPSA) is 67.9 Å². The van der Waals surface area contributed by atoms with Gasteiger partial charge in [-0.2, -0.15) is 0 Å². The van der Waals surface area contributed by atoms with Gasteiger partial charge in [0.15, 0.2) is 11.5 Å². The van der Waals surface area contributed by atoms with Gasteiger partial charge in [0.1, 0.15) is 11.9 Å². The first-order chi connectivity index (χ1) is 19.9. The molecule has 0 bridgehead atoms. The van der Waals surface area contributed by atoms with Gasteiger partial charge in [0, 0.05) is 24.5 Å². The third-order valence-electron chi connectivity index (χ3n) is 6.75. The van der Waals surface area contributed by atoms with Gasteiger partial charge < -0.3 is 19.7 Å². The Morgan fingerprint density at radius 3 is 2.17 bits per heavy atom. The summed E-state index contributed by atoms with van der Waals surface area (Å²) in [7, 11) is 3.08. The van der Waals surface area contributed by atoms with Crippen molar-refractivity contribution >= 4 is 23.4 Å². The van der Waals surface area contributed by atoms with Crippen LogP contribution in [0.2, 0.25) is 5.02 Å². The van der Waals surface area contributed by atoms with E-state index < -0.39 is 6.04 Å². The lowest BCUT2D eigenvalue weighted by atomic mass is 10.0. The minimum absolute atomic E-state index is 0.0185. The zero-order chi connectivity index (χ0) is 29.2. The summed E-state index contributed by atoms with van der Waals surface area (Å²) in [5.74, 6) is 0.0798. The Hall–Kier alpha value is -4.36. The third-order valence-corrected chi connectivity index (χ3v) is 7.12. The molecule has 0 aliphatic rings. The van der Waals surface area contributed by atoms with Crippen molar-refractivity contribution in [3.8, 4) is 11.5 Å². The van der Waals surface area contributed by atoms with Crippen LogP contribution in [-0.2, 0) is 35.5 Å². The lowest BCUT2D eigenvalue weighted by molar-refractivity contribution is -0.140. The number of amides is 2. The molecule has 0 radical (unpaired) electrons. The van der Waals surface area contributed by atoms with Gasteiger partial charge in [0.2, 0.25) is 11.8 Å². The molecule has 8 heteroatoms. The van der Waals surface area contributed by atoms with Gasteiger partial charge in [-0.25, -0.2) is 4.39 Å². The summed E-state index contributed by atoms with van der Waals surface area (Å²) >= 11 is 6.32. The molecule has 0 saturated carbocycles. The molecule has 0 saturated heterocycles. The van der Waals surface area contributed by atoms with Crippen LogP contribution in [0.25, 0.3) is 0 Å². The average Bonchev–Trinajstić information content (AvgIpc) is 2.99. The van der Waals surface area contributed by atoms with Gasteiger partial charge in [-0.3, -0.25) is 9.59 Å². The normalized spacial score (nSPS) is 11.4. The van der Waals surface area contributed by atoms with Crippen LogP contribution in [0.5, 0.6) is 11.5 Å². The highest BCUT2D eigenvalue weighted by Crippen LogP contribution is 2.28. The van der Waals surface area contributed by atoms with Crippen LogP contribution in [0.15, 0.2) is 97.1 Å². The first kappa shape index (κ1) is 29.6. The largest absolute Gasteiger partial charge is 0.493 e. The molecule has 1 N–H and O–H groups in total. The van der Waals surface area contributed by atoms with E-state index in [9.17, 15) is 14.0 Å². The summed E-state index contributed by atoms with van der Waals surface area (Å²) in [6, 6.07) is 27.1. The summed E-state index contributed by atoms with van der Waals surface area (Å²) in [6.45, 7) is 0.321. The fourth-order valence-electron chi connectivity index (χ4n) is 4.55. The second kappa shape index (κ2) is 14.3. The molecule has 2 amide bonds. The fraction of sp³-hybridized carbons (Fsp3) is 0.212. The van der Waals surface area contributed by atoms with E-state index in [0.29, 0.717) is 27.6 Å². The zero-order valence-corrected chi connectivity index (χ0v) is 23.7. The van der Waals surface area contributed by atoms with Crippen LogP contribution in [0.4, 0.5) is 4.39 Å². The third kappa shape index (κ3) is 8.08. The van der Waals surface area contributed by atoms with Crippen LogP contribution in [0, 0.1) is 5.82 Å². The van der Waals surface area contributed by atoms with Crippen LogP contribution in [0.3, 0.4) is 0 Å². The highest BCUT2D eigenvalue weighted by atomic mass is 35.5. The SMILES string of the molecule is COc1ccc(CC(=O)N(Cc2ccc(F)cc2)[C@@H](Cc2ccccc2)C(=O)NCc2ccccc2Cl)cc1OC. The van der Waals surface area contributed by atoms with Gasteiger partial charge in [-0.1, -0.05) is 78.3 Å². The minimum Gasteiger partial charge on any atom is -0.493 e. The van der Waals surface area contributed by atoms with E-state index >= 15 is 0 Å². The maximum atomic E-state index is 14.0. The zero-order valence-electron chi connectivity index (χ0n) is 23.0. The Kier molecular flexibility index (Phi) is 10.3. The number of hydrogen-bond acceptors (Lipinski definition) is 4. The van der Waals surface area contributed by atoms with Crippen LogP contribution < -0.4 is 14.8 Å². The van der Waals surface area contributed by atoms with Gasteiger partial charge in [-0.15, -0.1) is 0 Å². The highest BCUT2D eigenvalue weighted by Gasteiger charge is 2.30. The minimum atomic E-state index is -0.849. The Labute approximate surface area is 244 Å². The van der Waals surface area contributed by atoms with Crippen molar-refractivity contribution in [2.45, 2.75) is 32.0 Å². The van der Waals surface area contributed by atoms with E-state index in [1.165, 1.54) is 19.2 Å². The Balaban J connectivity index is 1.67. The number of nitrogens with one attached hydrogen (secondary N) is 1. The van der Waals surface area contributed by atoms with Crippen molar-refractivity contribution in [3.05, 3.63) is 130 Å². The molecule has 4 rings (SSSR count). The van der Waals surface area contributed by atoms with Crippen LogP contribution >= 0.6 is 11.6 Å². The number of halogens is 2. The van der Waals surface area contributed by atoms with Crippen molar-refractivity contribution in [2.24, 2.45) is 0 Å². The maximum Gasteiger partial charge on any atom is 0.243 e. The Bertz CT molecular complexity index is 1460. The van der Waals surface area contributed by atoms with Crippen molar-refractivity contribution in [3.63, 3.8) is 0 Å². The molecule has 212 valence electrons. The summed E-state index contributed by atoms with van der Waals surface area (Å²) in [5.41, 5.74) is 3.06. The van der Waals surface area contributed by atoms with Gasteiger partial charge >= 0.3 is 0 Å². The molecule has 41 heavy (non-hydrogen) atoms. The predicted molar refractivity (Wildman–Crippen MR) is 157 cm³/mol. The average molecular weight is 575 g/mol. The number of ether oxygens (including phenoxy) is 2. The molecule has 0 fully saturated rings. The summed E-state index contributed by atoms with van der Waals surface area (Å²) < 4.78 is 24.4. The van der Waals surface area contributed by atoms with Gasteiger partial charge in [0.25, 0.3) is 0 Å². The van der Waals surface area contributed by atoms with E-state index in [1.54, 1.807) is 48.4 Å². The van der Waals surface area contributed by atoms with Crippen molar-refractivity contribution < 1.29 is 23.5 Å². The van der Waals surface area contributed by atoms with Crippen molar-refractivity contribution in [1.82, 2.24) is 10.2 Å². The molecule has 0 aliphatic heterocycles. The molecule has 6 nitrogen and oxygen atoms in total. The molecule has 0 heterocycles. The van der Waals surface area contributed by atoms with Crippen molar-refractivity contribution in [2.75, 3.05) is 14.2 Å². The van der Waals surface area contributed by atoms with Gasteiger partial charge in [-0.05, 0) is 52.6 Å². The monoisotopic (exact) mass is 574 g/mol. The van der Waals surface area contributed by atoms with Crippen molar-refractivity contribution in [1.29, 1.82) is 0 Å². The van der Waals surface area contributed by atoms with E-state index in [0.717, 1.165) is 11.1 Å². The lowest BCUT2D eigenvalue weighted by Gasteiger charge is -2.32. The molecule has 1 atom stereocenters. The number of carbonyl (C=O) groups is 2. The molecular weight excluding hydrogens is 543 g/mol. The summed E-state index contributed by atoms with van der Waals surface area (Å²) in [6.07, 6.45) is 0.304. The van der Waals surface area contributed by atoms with E-state index in [1.807, 2.05) is 48.5 Å². The number of carbonyl (C=O) groups excluding carboxylic acids is 2. The van der Waals surface area contributed by atoms with E-state index in [-0.39, 0.29) is 43.6 Å². The second-order valence-electron chi connectivity index (χ2n) is 9.53. The summed E-state index contributed by atoms with van der Waals surface area (Å²) in [5, 5.41) is 3.52. The number of rotatable bonds is 12. The number of benzene rings is 4. The number of methoxy groups -OCH3 is 2. The molecule has 4 aromatic rings. The smallest absolute Gasteiger partial charge is 0.243 e. The number of nitrogens with zero attached hydrogens (tertiary/aromatic N) is 1. The molecule has 0 unspecified atom stereocenters. The van der Waals surface area contributed by atoms with Crippen LogP contribution in [-0.4, -0.2) is 37.0 Å². The quantitative estimate of drug-likeness (QED) is 0.225. The van der Waals surface area contributed by atoms with E-state index in [4.69, 9.17) is 21.1 Å². The highest BCUT2D eigenvalue weighted by molar-refractivity contribution is 6.31. The fourth-order valence-corrected chi connectivity index (χ4v) is 4.75. The molecule has 0 spiro atoms. The van der Waals surface area contributed by atoms with Gasteiger partial charge in [0.05, 0.1) is 20.6 Å². The Morgan fingerprint density at radius 1 is 0.829 bits per heavy atom. The first-order valence-corrected chi connectivity index (χ1v) is 13.6. The molecule has 0 aromatic heterocycles. The standard InChI is InChI=1S/C33H32ClFN2O4/c1-40-30-17-14-25(19-31(30)41-2)20-32(38)37(22-24-12-15-27(35)16-13-24)29(18-23-8-4-3-5-9-23)33(39)36-21-26-10-6-7-11-28(26)34/h3-17,19,29H,18,20-22H2,1-2H3,(H,36,39)/t29-/m0/s1. The molecule has 4 aromatic carbocycles. The number of hydrogen-bond donors (Lipinski definition) is 1.